The van der Waals surface area contributed by atoms with E-state index in [2.05, 4.69) is 20.1 Å². The molecule has 0 saturated carbocycles. The molecular formula is C24H14F5N5. The molecular weight excluding hydrogens is 453 g/mol. The molecule has 5 rings (SSSR count). The molecule has 0 fully saturated rings. The summed E-state index contributed by atoms with van der Waals surface area (Å²) in [6.45, 7) is 0.291. The van der Waals surface area contributed by atoms with Crippen molar-refractivity contribution in [2.75, 3.05) is 0 Å². The lowest BCUT2D eigenvalue weighted by atomic mass is 10.1. The lowest BCUT2D eigenvalue weighted by Crippen LogP contribution is -2.07. The molecule has 0 atom stereocenters. The second-order valence-corrected chi connectivity index (χ2v) is 7.50. The lowest BCUT2D eigenvalue weighted by Gasteiger charge is -2.09. The third-order valence-corrected chi connectivity index (χ3v) is 5.20. The first kappa shape index (κ1) is 21.6. The van der Waals surface area contributed by atoms with Crippen LogP contribution in [-0.4, -0.2) is 24.7 Å². The smallest absolute Gasteiger partial charge is 0.264 e. The van der Waals surface area contributed by atoms with Gasteiger partial charge >= 0.3 is 6.18 Å². The quantitative estimate of drug-likeness (QED) is 0.311. The molecule has 0 amide bonds. The number of hydrogen-bond acceptors (Lipinski definition) is 4. The highest BCUT2D eigenvalue weighted by molar-refractivity contribution is 5.65. The van der Waals surface area contributed by atoms with E-state index in [4.69, 9.17) is 0 Å². The van der Waals surface area contributed by atoms with Crippen molar-refractivity contribution in [1.29, 1.82) is 0 Å². The van der Waals surface area contributed by atoms with Gasteiger partial charge in [-0.3, -0.25) is 9.67 Å². The maximum atomic E-state index is 14.1. The van der Waals surface area contributed by atoms with E-state index in [1.807, 2.05) is 0 Å². The molecule has 34 heavy (non-hydrogen) atoms. The molecule has 3 heterocycles. The highest BCUT2D eigenvalue weighted by Crippen LogP contribution is 2.31. The molecule has 0 unspecified atom stereocenters. The minimum Gasteiger partial charge on any atom is -0.264 e. The Kier molecular flexibility index (Phi) is 5.27. The summed E-state index contributed by atoms with van der Waals surface area (Å²) in [5.41, 5.74) is 2.08. The van der Waals surface area contributed by atoms with Gasteiger partial charge < -0.3 is 0 Å². The van der Waals surface area contributed by atoms with Crippen molar-refractivity contribution in [2.45, 2.75) is 12.7 Å². The molecule has 0 bridgehead atoms. The number of fused-ring (bicyclic) bond motifs is 1. The number of benzene rings is 2. The maximum absolute atomic E-state index is 14.1. The van der Waals surface area contributed by atoms with E-state index in [1.54, 1.807) is 29.2 Å². The highest BCUT2D eigenvalue weighted by atomic mass is 19.4. The molecule has 1 aromatic heterocycles. The monoisotopic (exact) mass is 467 g/mol. The van der Waals surface area contributed by atoms with E-state index in [1.165, 1.54) is 30.5 Å². The molecule has 0 aliphatic carbocycles. The van der Waals surface area contributed by atoms with Gasteiger partial charge in [0.25, 0.3) is 0 Å². The number of aromatic nitrogens is 5. The summed E-state index contributed by atoms with van der Waals surface area (Å²) >= 11 is 0. The number of alkyl halides is 3. The van der Waals surface area contributed by atoms with Crippen molar-refractivity contribution in [3.05, 3.63) is 96.1 Å². The first-order chi connectivity index (χ1) is 16.3. The van der Waals surface area contributed by atoms with E-state index in [0.717, 1.165) is 18.2 Å². The minimum absolute atomic E-state index is 0.0386. The topological polar surface area (TPSA) is 56.5 Å². The van der Waals surface area contributed by atoms with Crippen LogP contribution >= 0.6 is 0 Å². The minimum atomic E-state index is -4.38. The van der Waals surface area contributed by atoms with E-state index in [9.17, 15) is 22.0 Å². The molecule has 10 heteroatoms. The van der Waals surface area contributed by atoms with Crippen LogP contribution in [0.15, 0.2) is 73.2 Å². The van der Waals surface area contributed by atoms with Crippen molar-refractivity contribution >= 4 is 0 Å². The molecule has 0 spiro atoms. The maximum Gasteiger partial charge on any atom is 0.416 e. The molecule has 5 nitrogen and oxygen atoms in total. The third kappa shape index (κ3) is 4.21. The highest BCUT2D eigenvalue weighted by Gasteiger charge is 2.30. The van der Waals surface area contributed by atoms with Crippen LogP contribution in [0.25, 0.3) is 33.9 Å². The van der Waals surface area contributed by atoms with Gasteiger partial charge in [0.15, 0.2) is 17.5 Å². The molecule has 0 saturated heterocycles. The van der Waals surface area contributed by atoms with Crippen LogP contribution in [-0.2, 0) is 12.7 Å². The predicted molar refractivity (Wildman–Crippen MR) is 114 cm³/mol. The Labute approximate surface area is 189 Å². The Balaban J connectivity index is 1.35. The first-order valence-corrected chi connectivity index (χ1v) is 10.0. The zero-order chi connectivity index (χ0) is 23.9. The van der Waals surface area contributed by atoms with Gasteiger partial charge in [0.1, 0.15) is 11.4 Å². The SMILES string of the molecule is Fc1cccc(-c2nc3cnn(Cc4ccc(-c5ccc(C(F)(F)F)cc5)cn4)cc-3n2)c1F. The summed E-state index contributed by atoms with van der Waals surface area (Å²) < 4.78 is 67.4. The van der Waals surface area contributed by atoms with Crippen molar-refractivity contribution < 1.29 is 22.0 Å². The average molecular weight is 467 g/mol. The van der Waals surface area contributed by atoms with E-state index in [-0.39, 0.29) is 11.4 Å². The Morgan fingerprint density at radius 1 is 0.794 bits per heavy atom. The van der Waals surface area contributed by atoms with Crippen molar-refractivity contribution in [3.63, 3.8) is 0 Å². The molecule has 0 N–H and O–H groups in total. The van der Waals surface area contributed by atoms with Gasteiger partial charge in [0.2, 0.25) is 0 Å². The molecule has 2 aliphatic rings. The first-order valence-electron chi connectivity index (χ1n) is 10.0. The standard InChI is InChI=1S/C24H14F5N5/c25-19-3-1-2-18(22(19)26)23-32-20-11-31-34(13-21(20)33-23)12-17-9-6-15(10-30-17)14-4-7-16(8-5-14)24(27,28)29/h1-11,13H,12H2. The Morgan fingerprint density at radius 3 is 2.24 bits per heavy atom. The van der Waals surface area contributed by atoms with Crippen LogP contribution < -0.4 is 0 Å². The molecule has 3 aromatic rings. The normalized spacial score (nSPS) is 11.8. The molecule has 2 aliphatic heterocycles. The zero-order valence-electron chi connectivity index (χ0n) is 17.3. The van der Waals surface area contributed by atoms with Gasteiger partial charge in [-0.15, -0.1) is 0 Å². The van der Waals surface area contributed by atoms with Crippen molar-refractivity contribution in [2.24, 2.45) is 0 Å². The van der Waals surface area contributed by atoms with Gasteiger partial charge in [0.05, 0.1) is 35.8 Å². The number of hydrogen-bond donors (Lipinski definition) is 0. The second-order valence-electron chi connectivity index (χ2n) is 7.50. The summed E-state index contributed by atoms with van der Waals surface area (Å²) in [7, 11) is 0. The van der Waals surface area contributed by atoms with Gasteiger partial charge in [-0.1, -0.05) is 24.3 Å². The number of nitrogens with zero attached hydrogens (tertiary/aromatic N) is 5. The summed E-state index contributed by atoms with van der Waals surface area (Å²) in [4.78, 5) is 12.9. The van der Waals surface area contributed by atoms with Gasteiger partial charge in [-0.05, 0) is 35.9 Å². The summed E-state index contributed by atoms with van der Waals surface area (Å²) in [5.74, 6) is -1.94. The second kappa shape index (κ2) is 8.29. The fourth-order valence-corrected chi connectivity index (χ4v) is 3.45. The Hall–Kier alpha value is -4.21. The molecule has 170 valence electrons. The summed E-state index contributed by atoms with van der Waals surface area (Å²) in [6, 6.07) is 12.2. The third-order valence-electron chi connectivity index (χ3n) is 5.20. The fraction of sp³-hybridized carbons (Fsp3) is 0.0833. The molecule has 2 aromatic carbocycles. The van der Waals surface area contributed by atoms with E-state index >= 15 is 0 Å². The van der Waals surface area contributed by atoms with Crippen LogP contribution in [0, 0.1) is 11.6 Å². The lowest BCUT2D eigenvalue weighted by molar-refractivity contribution is -0.137. The van der Waals surface area contributed by atoms with Crippen LogP contribution in [0.1, 0.15) is 11.3 Å². The fourth-order valence-electron chi connectivity index (χ4n) is 3.45. The zero-order valence-corrected chi connectivity index (χ0v) is 17.3. The number of imidazole rings is 1. The Bertz CT molecular complexity index is 1430. The number of rotatable bonds is 4. The van der Waals surface area contributed by atoms with E-state index < -0.39 is 23.4 Å². The van der Waals surface area contributed by atoms with Crippen LogP contribution in [0.3, 0.4) is 0 Å². The summed E-state index contributed by atoms with van der Waals surface area (Å²) in [6.07, 6.45) is 0.280. The van der Waals surface area contributed by atoms with Crippen LogP contribution in [0.4, 0.5) is 22.0 Å². The van der Waals surface area contributed by atoms with Crippen molar-refractivity contribution in [3.8, 4) is 33.9 Å². The number of halogens is 5. The molecule has 0 radical (unpaired) electrons. The largest absolute Gasteiger partial charge is 0.416 e. The van der Waals surface area contributed by atoms with Crippen LogP contribution in [0.2, 0.25) is 0 Å². The van der Waals surface area contributed by atoms with Gasteiger partial charge in [0, 0.05) is 11.8 Å². The predicted octanol–water partition coefficient (Wildman–Crippen LogP) is 5.85. The van der Waals surface area contributed by atoms with E-state index in [0.29, 0.717) is 34.8 Å². The van der Waals surface area contributed by atoms with Gasteiger partial charge in [-0.25, -0.2) is 18.7 Å². The number of pyridine rings is 1. The Morgan fingerprint density at radius 2 is 1.53 bits per heavy atom. The average Bonchev–Trinajstić information content (AvgIpc) is 3.24. The van der Waals surface area contributed by atoms with Crippen LogP contribution in [0.5, 0.6) is 0 Å². The van der Waals surface area contributed by atoms with Gasteiger partial charge in [-0.2, -0.15) is 18.3 Å². The van der Waals surface area contributed by atoms with Crippen molar-refractivity contribution in [1.82, 2.24) is 24.7 Å². The summed E-state index contributed by atoms with van der Waals surface area (Å²) in [5, 5.41) is 4.26.